The standard InChI is InChI=1S/C43H33NO5/c1-26-14-18-28(19-15-26)34-35(29-20-16-27(2)17-21-29)43(32-12-8-5-9-13-32)37-36(42(34,41(43)48)31-10-6-4-7-11-31)38(45)44(39(37)46)33-24-22-30(23-25-33)40(47)49-3/h4-25,36-37H,1-3H3/t36-,37-,42-,43-/m0/s1. The van der Waals surface area contributed by atoms with Crippen molar-refractivity contribution in [3.8, 4) is 0 Å². The number of fused-ring (bicyclic) bond motifs is 5. The van der Waals surface area contributed by atoms with Gasteiger partial charge in [-0.25, -0.2) is 9.69 Å². The lowest BCUT2D eigenvalue weighted by Gasteiger charge is -2.39. The number of ketones is 1. The summed E-state index contributed by atoms with van der Waals surface area (Å²) >= 11 is 0. The Balaban J connectivity index is 1.50. The Hall–Kier alpha value is -5.88. The summed E-state index contributed by atoms with van der Waals surface area (Å²) in [5, 5.41) is 0. The van der Waals surface area contributed by atoms with Crippen molar-refractivity contribution in [2.24, 2.45) is 11.8 Å². The normalized spacial score (nSPS) is 24.1. The maximum atomic E-state index is 16.0. The number of anilines is 1. The van der Waals surface area contributed by atoms with Gasteiger partial charge in [0.2, 0.25) is 11.8 Å². The van der Waals surface area contributed by atoms with Crippen molar-refractivity contribution in [3.05, 3.63) is 172 Å². The first-order chi connectivity index (χ1) is 23.8. The predicted molar refractivity (Wildman–Crippen MR) is 188 cm³/mol. The van der Waals surface area contributed by atoms with Gasteiger partial charge in [-0.3, -0.25) is 14.4 Å². The van der Waals surface area contributed by atoms with E-state index < -0.39 is 40.4 Å². The van der Waals surface area contributed by atoms with Crippen LogP contribution in [0.2, 0.25) is 0 Å². The predicted octanol–water partition coefficient (Wildman–Crippen LogP) is 7.28. The van der Waals surface area contributed by atoms with E-state index in [4.69, 9.17) is 4.74 Å². The summed E-state index contributed by atoms with van der Waals surface area (Å²) in [5.41, 5.74) is 4.31. The number of rotatable bonds is 6. The number of hydrogen-bond donors (Lipinski definition) is 0. The van der Waals surface area contributed by atoms with Crippen LogP contribution in [-0.4, -0.2) is 30.7 Å². The smallest absolute Gasteiger partial charge is 0.337 e. The van der Waals surface area contributed by atoms with Gasteiger partial charge in [-0.15, -0.1) is 0 Å². The first-order valence-electron chi connectivity index (χ1n) is 16.4. The Bertz CT molecular complexity index is 2060. The van der Waals surface area contributed by atoms with Crippen LogP contribution in [0.3, 0.4) is 0 Å². The second kappa shape index (κ2) is 11.1. The highest BCUT2D eigenvalue weighted by Crippen LogP contribution is 2.74. The molecule has 2 fully saturated rings. The van der Waals surface area contributed by atoms with E-state index in [0.29, 0.717) is 22.4 Å². The minimum atomic E-state index is -1.48. The van der Waals surface area contributed by atoms with Crippen molar-refractivity contribution in [2.75, 3.05) is 12.0 Å². The number of ether oxygens (including phenoxy) is 1. The average Bonchev–Trinajstić information content (AvgIpc) is 3.65. The number of methoxy groups -OCH3 is 1. The third kappa shape index (κ3) is 4.00. The zero-order valence-electron chi connectivity index (χ0n) is 27.3. The molecule has 240 valence electrons. The molecule has 1 aliphatic heterocycles. The zero-order chi connectivity index (χ0) is 34.1. The summed E-state index contributed by atoms with van der Waals surface area (Å²) in [4.78, 5) is 59.7. The molecule has 0 spiro atoms. The van der Waals surface area contributed by atoms with Gasteiger partial charge in [0, 0.05) is 0 Å². The highest BCUT2D eigenvalue weighted by Gasteiger charge is 2.82. The number of allylic oxidation sites excluding steroid dienone is 2. The number of carbonyl (C=O) groups is 4. The van der Waals surface area contributed by atoms with Gasteiger partial charge >= 0.3 is 5.97 Å². The number of aryl methyl sites for hydroxylation is 2. The molecule has 5 aromatic rings. The zero-order valence-corrected chi connectivity index (χ0v) is 27.3. The van der Waals surface area contributed by atoms with E-state index in [1.807, 2.05) is 123 Å². The second-order valence-corrected chi connectivity index (χ2v) is 13.2. The summed E-state index contributed by atoms with van der Waals surface area (Å²) < 4.78 is 4.87. The Morgan fingerprint density at radius 2 is 0.980 bits per heavy atom. The molecule has 0 radical (unpaired) electrons. The van der Waals surface area contributed by atoms with Crippen LogP contribution in [0.4, 0.5) is 5.69 Å². The fourth-order valence-corrected chi connectivity index (χ4v) is 8.68. The van der Waals surface area contributed by atoms with Crippen LogP contribution in [-0.2, 0) is 30.0 Å². The van der Waals surface area contributed by atoms with Gasteiger partial charge in [0.1, 0.15) is 0 Å². The molecule has 0 N–H and O–H groups in total. The summed E-state index contributed by atoms with van der Waals surface area (Å²) in [6.45, 7) is 4.03. The quantitative estimate of drug-likeness (QED) is 0.144. The van der Waals surface area contributed by atoms with E-state index in [1.54, 1.807) is 24.3 Å². The van der Waals surface area contributed by atoms with E-state index in [0.717, 1.165) is 33.4 Å². The molecule has 4 atom stereocenters. The topological polar surface area (TPSA) is 80.8 Å². The van der Waals surface area contributed by atoms with Crippen molar-refractivity contribution < 1.29 is 23.9 Å². The summed E-state index contributed by atoms with van der Waals surface area (Å²) in [6.07, 6.45) is 0. The van der Waals surface area contributed by atoms with Gasteiger partial charge in [-0.2, -0.15) is 0 Å². The maximum Gasteiger partial charge on any atom is 0.337 e. The molecule has 2 bridgehead atoms. The lowest BCUT2D eigenvalue weighted by atomic mass is 9.59. The molecule has 1 saturated carbocycles. The molecule has 1 saturated heterocycles. The van der Waals surface area contributed by atoms with Gasteiger partial charge in [0.25, 0.3) is 0 Å². The summed E-state index contributed by atoms with van der Waals surface area (Å²) in [7, 11) is 1.30. The van der Waals surface area contributed by atoms with E-state index in [2.05, 4.69) is 0 Å². The monoisotopic (exact) mass is 643 g/mol. The third-order valence-corrected chi connectivity index (χ3v) is 10.7. The van der Waals surface area contributed by atoms with Crippen molar-refractivity contribution >= 4 is 40.4 Å². The van der Waals surface area contributed by atoms with Crippen LogP contribution in [0, 0.1) is 25.7 Å². The van der Waals surface area contributed by atoms with Crippen LogP contribution in [0.25, 0.3) is 11.1 Å². The Morgan fingerprint density at radius 1 is 0.571 bits per heavy atom. The number of imide groups is 1. The SMILES string of the molecule is COC(=O)c1ccc(N2C(=O)[C@@H]3[C@@H](C2=O)[C@@]2(c4ccccc4)C(=O)[C@@]3(c3ccccc3)C(c3ccc(C)cc3)=C2c2ccc(C)cc2)cc1. The van der Waals surface area contributed by atoms with Gasteiger partial charge in [-0.05, 0) is 71.5 Å². The molecule has 6 heteroatoms. The number of nitrogens with zero attached hydrogens (tertiary/aromatic N) is 1. The Morgan fingerprint density at radius 3 is 1.37 bits per heavy atom. The number of hydrogen-bond acceptors (Lipinski definition) is 5. The molecule has 49 heavy (non-hydrogen) atoms. The summed E-state index contributed by atoms with van der Waals surface area (Å²) in [6, 6.07) is 41.4. The molecular weight excluding hydrogens is 610 g/mol. The third-order valence-electron chi connectivity index (χ3n) is 10.7. The van der Waals surface area contributed by atoms with Crippen LogP contribution in [0.15, 0.2) is 133 Å². The van der Waals surface area contributed by atoms with Crippen LogP contribution in [0.5, 0.6) is 0 Å². The molecule has 0 aromatic heterocycles. The van der Waals surface area contributed by atoms with E-state index in [9.17, 15) is 4.79 Å². The van der Waals surface area contributed by atoms with Gasteiger partial charge in [0.05, 0.1) is 41.0 Å². The van der Waals surface area contributed by atoms with Gasteiger partial charge < -0.3 is 4.74 Å². The highest BCUT2D eigenvalue weighted by atomic mass is 16.5. The molecule has 2 amide bonds. The average molecular weight is 644 g/mol. The fraction of sp³-hybridized carbons (Fsp3) is 0.163. The Kier molecular flexibility index (Phi) is 6.90. The lowest BCUT2D eigenvalue weighted by Crippen LogP contribution is -2.45. The molecule has 5 aromatic carbocycles. The largest absolute Gasteiger partial charge is 0.465 e. The molecule has 6 nitrogen and oxygen atoms in total. The number of benzene rings is 5. The summed E-state index contributed by atoms with van der Waals surface area (Å²) in [5.74, 6) is -3.62. The molecule has 8 rings (SSSR count). The van der Waals surface area contributed by atoms with E-state index >= 15 is 14.4 Å². The van der Waals surface area contributed by atoms with Crippen molar-refractivity contribution in [1.29, 1.82) is 0 Å². The molecule has 1 heterocycles. The number of carbonyl (C=O) groups excluding carboxylic acids is 4. The maximum absolute atomic E-state index is 16.0. The highest BCUT2D eigenvalue weighted by molar-refractivity contribution is 6.39. The van der Waals surface area contributed by atoms with Gasteiger partial charge in [0.15, 0.2) is 5.78 Å². The van der Waals surface area contributed by atoms with Crippen LogP contribution in [0.1, 0.15) is 43.7 Å². The van der Waals surface area contributed by atoms with Crippen molar-refractivity contribution in [1.82, 2.24) is 0 Å². The molecule has 2 aliphatic carbocycles. The van der Waals surface area contributed by atoms with E-state index in [1.165, 1.54) is 12.0 Å². The van der Waals surface area contributed by atoms with Crippen molar-refractivity contribution in [2.45, 2.75) is 24.7 Å². The minimum Gasteiger partial charge on any atom is -0.465 e. The fourth-order valence-electron chi connectivity index (χ4n) is 8.68. The first kappa shape index (κ1) is 30.5. The lowest BCUT2D eigenvalue weighted by molar-refractivity contribution is -0.130. The number of esters is 1. The minimum absolute atomic E-state index is 0.166. The van der Waals surface area contributed by atoms with Crippen LogP contribution >= 0.6 is 0 Å². The molecular formula is C43H33NO5. The van der Waals surface area contributed by atoms with Gasteiger partial charge in [-0.1, -0.05) is 120 Å². The molecule has 0 unspecified atom stereocenters. The van der Waals surface area contributed by atoms with Crippen molar-refractivity contribution in [3.63, 3.8) is 0 Å². The van der Waals surface area contributed by atoms with Crippen LogP contribution < -0.4 is 4.90 Å². The number of Topliss-reactive ketones (excluding diaryl/α,β-unsaturated/α-hetero) is 1. The first-order valence-corrected chi connectivity index (χ1v) is 16.4. The molecule has 3 aliphatic rings. The van der Waals surface area contributed by atoms with E-state index in [-0.39, 0.29) is 5.78 Å². The second-order valence-electron chi connectivity index (χ2n) is 13.2. The Labute approximate surface area is 284 Å². The number of amides is 2.